The number of carboxylic acids is 1. The maximum absolute atomic E-state index is 10.5. The second kappa shape index (κ2) is 5.50. The molecular weight excluding hydrogens is 194 g/mol. The number of carboxylic acid groups (broad SMARTS) is 1. The van der Waals surface area contributed by atoms with Crippen molar-refractivity contribution in [2.24, 2.45) is 5.73 Å². The molecule has 1 rings (SSSR count). The predicted octanol–water partition coefficient (Wildman–Crippen LogP) is 0.638. The molecule has 0 aliphatic carbocycles. The Bertz CT molecular complexity index is 322. The van der Waals surface area contributed by atoms with Crippen molar-refractivity contribution in [1.82, 2.24) is 9.55 Å². The Morgan fingerprint density at radius 3 is 3.07 bits per heavy atom. The molecule has 1 aromatic rings. The second-order valence-corrected chi connectivity index (χ2v) is 3.61. The minimum Gasteiger partial charge on any atom is -0.480 e. The van der Waals surface area contributed by atoms with Gasteiger partial charge >= 0.3 is 5.97 Å². The number of aliphatic carboxylic acids is 1. The van der Waals surface area contributed by atoms with E-state index in [2.05, 4.69) is 11.9 Å². The average Bonchev–Trinajstić information content (AvgIpc) is 2.62. The van der Waals surface area contributed by atoms with Crippen LogP contribution < -0.4 is 5.73 Å². The molecule has 1 atom stereocenters. The van der Waals surface area contributed by atoms with Crippen molar-refractivity contribution in [2.75, 3.05) is 0 Å². The van der Waals surface area contributed by atoms with Crippen molar-refractivity contribution in [3.63, 3.8) is 0 Å². The Morgan fingerprint density at radius 1 is 1.73 bits per heavy atom. The fourth-order valence-corrected chi connectivity index (χ4v) is 1.29. The summed E-state index contributed by atoms with van der Waals surface area (Å²) in [6.07, 6.45) is 6.09. The standard InChI is InChI=1S/C10H17N3O2/c1-2-3-4-13-6-8(12-7-13)5-9(11)10(14)15/h6-7,9H,2-5,11H2,1H3,(H,14,15). The smallest absolute Gasteiger partial charge is 0.320 e. The zero-order valence-corrected chi connectivity index (χ0v) is 8.89. The van der Waals surface area contributed by atoms with Crippen LogP contribution >= 0.6 is 0 Å². The number of hydrogen-bond donors (Lipinski definition) is 2. The minimum atomic E-state index is -0.988. The number of nitrogens with two attached hydrogens (primary N) is 1. The van der Waals surface area contributed by atoms with Crippen molar-refractivity contribution >= 4 is 5.97 Å². The highest BCUT2D eigenvalue weighted by Gasteiger charge is 2.13. The van der Waals surface area contributed by atoms with Crippen molar-refractivity contribution < 1.29 is 9.90 Å². The highest BCUT2D eigenvalue weighted by atomic mass is 16.4. The van der Waals surface area contributed by atoms with Crippen LogP contribution in [0.15, 0.2) is 12.5 Å². The summed E-state index contributed by atoms with van der Waals surface area (Å²) in [5.41, 5.74) is 6.15. The molecule has 84 valence electrons. The number of nitrogens with zero attached hydrogens (tertiary/aromatic N) is 2. The van der Waals surface area contributed by atoms with E-state index in [1.165, 1.54) is 0 Å². The highest BCUT2D eigenvalue weighted by Crippen LogP contribution is 2.02. The molecule has 1 aromatic heterocycles. The summed E-state index contributed by atoms with van der Waals surface area (Å²) in [6.45, 7) is 3.05. The molecule has 0 fully saturated rings. The molecular formula is C10H17N3O2. The van der Waals surface area contributed by atoms with Gasteiger partial charge in [-0.1, -0.05) is 13.3 Å². The third-order valence-corrected chi connectivity index (χ3v) is 2.20. The first-order valence-corrected chi connectivity index (χ1v) is 5.12. The first kappa shape index (κ1) is 11.7. The van der Waals surface area contributed by atoms with E-state index in [-0.39, 0.29) is 6.42 Å². The summed E-state index contributed by atoms with van der Waals surface area (Å²) in [4.78, 5) is 14.6. The fraction of sp³-hybridized carbons (Fsp3) is 0.600. The van der Waals surface area contributed by atoms with Crippen LogP contribution in [0.5, 0.6) is 0 Å². The number of hydrogen-bond acceptors (Lipinski definition) is 3. The van der Waals surface area contributed by atoms with Crippen LogP contribution in [0.3, 0.4) is 0 Å². The lowest BCUT2D eigenvalue weighted by molar-refractivity contribution is -0.138. The summed E-state index contributed by atoms with van der Waals surface area (Å²) in [5.74, 6) is -0.988. The molecule has 0 saturated heterocycles. The summed E-state index contributed by atoms with van der Waals surface area (Å²) < 4.78 is 1.97. The van der Waals surface area contributed by atoms with Gasteiger partial charge in [-0.15, -0.1) is 0 Å². The lowest BCUT2D eigenvalue weighted by Gasteiger charge is -2.02. The minimum absolute atomic E-state index is 0.286. The summed E-state index contributed by atoms with van der Waals surface area (Å²) in [6, 6.07) is -0.862. The topological polar surface area (TPSA) is 81.1 Å². The van der Waals surface area contributed by atoms with Crippen LogP contribution in [0, 0.1) is 0 Å². The van der Waals surface area contributed by atoms with Gasteiger partial charge in [0.25, 0.3) is 0 Å². The zero-order chi connectivity index (χ0) is 11.3. The van der Waals surface area contributed by atoms with E-state index >= 15 is 0 Å². The molecule has 3 N–H and O–H groups in total. The predicted molar refractivity (Wildman–Crippen MR) is 56.5 cm³/mol. The number of aryl methyl sites for hydroxylation is 1. The van der Waals surface area contributed by atoms with Gasteiger partial charge in [0, 0.05) is 19.2 Å². The molecule has 0 bridgehead atoms. The van der Waals surface area contributed by atoms with Gasteiger partial charge in [-0.3, -0.25) is 4.79 Å². The fourth-order valence-electron chi connectivity index (χ4n) is 1.29. The maximum atomic E-state index is 10.5. The lowest BCUT2D eigenvalue weighted by atomic mass is 10.2. The highest BCUT2D eigenvalue weighted by molar-refractivity contribution is 5.73. The number of unbranched alkanes of at least 4 members (excludes halogenated alkanes) is 1. The van der Waals surface area contributed by atoms with Crippen LogP contribution in [0.25, 0.3) is 0 Å². The molecule has 15 heavy (non-hydrogen) atoms. The molecule has 0 radical (unpaired) electrons. The zero-order valence-electron chi connectivity index (χ0n) is 8.89. The number of carbonyl (C=O) groups is 1. The quantitative estimate of drug-likeness (QED) is 0.723. The number of aromatic nitrogens is 2. The number of rotatable bonds is 6. The van der Waals surface area contributed by atoms with Gasteiger partial charge in [0.15, 0.2) is 0 Å². The lowest BCUT2D eigenvalue weighted by Crippen LogP contribution is -2.32. The largest absolute Gasteiger partial charge is 0.480 e. The normalized spacial score (nSPS) is 12.7. The molecule has 1 unspecified atom stereocenters. The first-order valence-electron chi connectivity index (χ1n) is 5.12. The van der Waals surface area contributed by atoms with Crippen LogP contribution in [0.4, 0.5) is 0 Å². The van der Waals surface area contributed by atoms with E-state index in [1.807, 2.05) is 10.8 Å². The molecule has 0 aromatic carbocycles. The maximum Gasteiger partial charge on any atom is 0.320 e. The van der Waals surface area contributed by atoms with Crippen LogP contribution in [0.2, 0.25) is 0 Å². The van der Waals surface area contributed by atoms with Gasteiger partial charge < -0.3 is 15.4 Å². The van der Waals surface area contributed by atoms with Gasteiger partial charge in [0.05, 0.1) is 12.0 Å². The van der Waals surface area contributed by atoms with E-state index < -0.39 is 12.0 Å². The Hall–Kier alpha value is -1.36. The molecule has 0 aliphatic rings. The monoisotopic (exact) mass is 211 g/mol. The van der Waals surface area contributed by atoms with Gasteiger partial charge in [0.2, 0.25) is 0 Å². The van der Waals surface area contributed by atoms with Gasteiger partial charge in [0.1, 0.15) is 6.04 Å². The molecule has 0 aliphatic heterocycles. The van der Waals surface area contributed by atoms with E-state index in [0.717, 1.165) is 25.1 Å². The third-order valence-electron chi connectivity index (χ3n) is 2.20. The molecule has 0 spiro atoms. The van der Waals surface area contributed by atoms with Gasteiger partial charge in [-0.2, -0.15) is 0 Å². The summed E-state index contributed by atoms with van der Waals surface area (Å²) in [7, 11) is 0. The summed E-state index contributed by atoms with van der Waals surface area (Å²) in [5, 5.41) is 8.63. The van der Waals surface area contributed by atoms with E-state index in [0.29, 0.717) is 0 Å². The molecule has 0 amide bonds. The summed E-state index contributed by atoms with van der Waals surface area (Å²) >= 11 is 0. The van der Waals surface area contributed by atoms with Gasteiger partial charge in [-0.05, 0) is 6.42 Å². The Balaban J connectivity index is 2.49. The second-order valence-electron chi connectivity index (χ2n) is 3.61. The third kappa shape index (κ3) is 3.71. The van der Waals surface area contributed by atoms with E-state index in [1.54, 1.807) is 6.33 Å². The molecule has 5 heteroatoms. The first-order chi connectivity index (χ1) is 7.13. The van der Waals surface area contributed by atoms with Crippen molar-refractivity contribution in [3.05, 3.63) is 18.2 Å². The van der Waals surface area contributed by atoms with E-state index in [9.17, 15) is 4.79 Å². The Kier molecular flexibility index (Phi) is 4.30. The SMILES string of the molecule is CCCCn1cnc(CC(N)C(=O)O)c1. The van der Waals surface area contributed by atoms with Crippen LogP contribution in [0.1, 0.15) is 25.5 Å². The molecule has 0 saturated carbocycles. The van der Waals surface area contributed by atoms with Gasteiger partial charge in [-0.25, -0.2) is 4.98 Å². The van der Waals surface area contributed by atoms with Crippen LogP contribution in [-0.2, 0) is 17.8 Å². The number of imidazole rings is 1. The van der Waals surface area contributed by atoms with E-state index in [4.69, 9.17) is 10.8 Å². The molecule has 1 heterocycles. The Morgan fingerprint density at radius 2 is 2.47 bits per heavy atom. The van der Waals surface area contributed by atoms with Crippen molar-refractivity contribution in [1.29, 1.82) is 0 Å². The van der Waals surface area contributed by atoms with Crippen molar-refractivity contribution in [2.45, 2.75) is 38.8 Å². The Labute approximate surface area is 88.9 Å². The molecule has 5 nitrogen and oxygen atoms in total. The van der Waals surface area contributed by atoms with Crippen LogP contribution in [-0.4, -0.2) is 26.7 Å². The van der Waals surface area contributed by atoms with Crippen molar-refractivity contribution in [3.8, 4) is 0 Å². The average molecular weight is 211 g/mol.